The van der Waals surface area contributed by atoms with Crippen molar-refractivity contribution >= 4 is 63.8 Å². The van der Waals surface area contributed by atoms with Gasteiger partial charge >= 0.3 is 24.3 Å². The number of phenolic OH excluding ortho intramolecular Hbond substituents is 3. The number of carbonyl (C=O) groups is 3. The molecule has 0 saturated heterocycles. The Labute approximate surface area is 458 Å². The van der Waals surface area contributed by atoms with Gasteiger partial charge in [0.15, 0.2) is 0 Å². The van der Waals surface area contributed by atoms with Gasteiger partial charge in [0.25, 0.3) is 0 Å². The number of methoxy groups -OCH3 is 4. The average molecular weight is 1100 g/mol. The number of ether oxygens (including phenoxy) is 4. The largest absolute Gasteiger partial charge is 0.506 e. The quantitative estimate of drug-likeness (QED) is 0.0497. The molecule has 6 amide bonds. The fourth-order valence-corrected chi connectivity index (χ4v) is 7.60. The number of nitrogens with one attached hydrogen (secondary N) is 6. The van der Waals surface area contributed by atoms with Crippen LogP contribution < -0.4 is 50.8 Å². The standard InChI is InChI=1S/C21H20N2O4.C20H14ClF3N2O2.C18H22N2O4/c1-26-15-11-12-17(19(13-15)27-2)22-21(25)23-18-10-6-9-16(20(18)24)14-7-4-3-5-8-14;21-15-10-9-13(20(22,23)24)11-17(15)26-19(28)25-16-8-4-7-14(18(16)27)12-5-2-1-3-6-12;1-11(2)12-5-7-14(16(21)9-12)19-18(22)20-15-8-6-13(23-3)10-17(15)24-4/h3-13,24H,1-2H3,(H2,22,23,25);1-11,27H,(H2,25,26,28);5-11,21H,1-4H3,(H2,19,20,22). The van der Waals surface area contributed by atoms with Gasteiger partial charge in [-0.05, 0) is 89.3 Å². The molecule has 0 aliphatic carbocycles. The summed E-state index contributed by atoms with van der Waals surface area (Å²) < 4.78 is 59.3. The van der Waals surface area contributed by atoms with Crippen LogP contribution in [-0.4, -0.2) is 61.9 Å². The van der Waals surface area contributed by atoms with Gasteiger partial charge in [0, 0.05) is 23.3 Å². The summed E-state index contributed by atoms with van der Waals surface area (Å²) in [6, 6.07) is 44.5. The van der Waals surface area contributed by atoms with Gasteiger partial charge in [0.05, 0.1) is 73.1 Å². The molecule has 0 aliphatic rings. The topological polar surface area (TPSA) is 221 Å². The van der Waals surface area contributed by atoms with Gasteiger partial charge in [-0.3, -0.25) is 0 Å². The monoisotopic (exact) mass is 1100 g/mol. The van der Waals surface area contributed by atoms with Gasteiger partial charge < -0.3 is 66.2 Å². The van der Waals surface area contributed by atoms with Crippen molar-refractivity contribution in [2.75, 3.05) is 60.3 Å². The van der Waals surface area contributed by atoms with Crippen LogP contribution in [0.5, 0.6) is 40.2 Å². The first kappa shape index (κ1) is 58.5. The Hall–Kier alpha value is -9.75. The molecule has 20 heteroatoms. The van der Waals surface area contributed by atoms with Crippen molar-refractivity contribution in [2.45, 2.75) is 25.9 Å². The highest BCUT2D eigenvalue weighted by atomic mass is 35.5. The lowest BCUT2D eigenvalue weighted by Crippen LogP contribution is -2.20. The van der Waals surface area contributed by atoms with E-state index in [1.807, 2.05) is 56.3 Å². The lowest BCUT2D eigenvalue weighted by Gasteiger charge is -2.14. The third kappa shape index (κ3) is 16.1. The van der Waals surface area contributed by atoms with E-state index in [2.05, 4.69) is 31.9 Å². The fraction of sp³-hybridized carbons (Fsp3) is 0.136. The molecule has 0 heterocycles. The van der Waals surface area contributed by atoms with Crippen LogP contribution in [0.25, 0.3) is 22.3 Å². The second kappa shape index (κ2) is 27.3. The second-order valence-electron chi connectivity index (χ2n) is 17.1. The minimum atomic E-state index is -4.57. The van der Waals surface area contributed by atoms with E-state index >= 15 is 0 Å². The van der Waals surface area contributed by atoms with E-state index in [-0.39, 0.29) is 33.6 Å². The SMILES string of the molecule is COc1ccc(NC(=O)Nc2ccc(C(C)C)cc2O)c(OC)c1.COc1ccc(NC(=O)Nc2cccc(-c3ccccc3)c2O)c(OC)c1.O=C(Nc1cc(C(F)(F)F)ccc1Cl)Nc1cccc(-c2ccccc2)c1O. The van der Waals surface area contributed by atoms with Crippen molar-refractivity contribution < 1.29 is 61.8 Å². The summed E-state index contributed by atoms with van der Waals surface area (Å²) in [5.41, 5.74) is 4.30. The molecule has 8 aromatic carbocycles. The van der Waals surface area contributed by atoms with Crippen molar-refractivity contribution in [1.29, 1.82) is 0 Å². The molecule has 16 nitrogen and oxygen atoms in total. The third-order valence-electron chi connectivity index (χ3n) is 11.5. The third-order valence-corrected chi connectivity index (χ3v) is 11.9. The predicted molar refractivity (Wildman–Crippen MR) is 303 cm³/mol. The molecule has 0 atom stereocenters. The van der Waals surface area contributed by atoms with E-state index in [0.717, 1.165) is 34.9 Å². The van der Waals surface area contributed by atoms with E-state index in [0.29, 0.717) is 62.8 Å². The number of rotatable bonds is 13. The second-order valence-corrected chi connectivity index (χ2v) is 17.5. The number of amides is 6. The number of carbonyl (C=O) groups excluding carboxylic acids is 3. The predicted octanol–water partition coefficient (Wildman–Crippen LogP) is 15.3. The first-order chi connectivity index (χ1) is 37.8. The summed E-state index contributed by atoms with van der Waals surface area (Å²) in [5.74, 6) is 2.33. The Bertz CT molecular complexity index is 3390. The molecule has 0 aliphatic heterocycles. The number of alkyl halides is 3. The Morgan fingerprint density at radius 3 is 1.28 bits per heavy atom. The molecular formula is C59H56ClF3N6O10. The zero-order valence-electron chi connectivity index (χ0n) is 43.5. The zero-order valence-corrected chi connectivity index (χ0v) is 44.2. The summed E-state index contributed by atoms with van der Waals surface area (Å²) in [4.78, 5) is 36.8. The van der Waals surface area contributed by atoms with Gasteiger partial charge in [-0.25, -0.2) is 14.4 Å². The Morgan fingerprint density at radius 1 is 0.456 bits per heavy atom. The van der Waals surface area contributed by atoms with Crippen LogP contribution in [0.1, 0.15) is 30.9 Å². The Morgan fingerprint density at radius 2 is 0.873 bits per heavy atom. The number of benzene rings is 8. The molecule has 8 rings (SSSR count). The van der Waals surface area contributed by atoms with E-state index in [1.165, 1.54) is 20.3 Å². The Balaban J connectivity index is 0.000000192. The van der Waals surface area contributed by atoms with Crippen molar-refractivity contribution in [1.82, 2.24) is 0 Å². The van der Waals surface area contributed by atoms with Crippen LogP contribution in [0.3, 0.4) is 0 Å². The number of anilines is 6. The minimum Gasteiger partial charge on any atom is -0.506 e. The van der Waals surface area contributed by atoms with Crippen LogP contribution in [0, 0.1) is 0 Å². The van der Waals surface area contributed by atoms with Gasteiger partial charge in [0.2, 0.25) is 0 Å². The molecule has 0 bridgehead atoms. The lowest BCUT2D eigenvalue weighted by atomic mass is 10.0. The Kier molecular flexibility index (Phi) is 20.3. The van der Waals surface area contributed by atoms with Gasteiger partial charge in [0.1, 0.15) is 40.2 Å². The maximum Gasteiger partial charge on any atom is 0.416 e. The first-order valence-corrected chi connectivity index (χ1v) is 24.3. The lowest BCUT2D eigenvalue weighted by molar-refractivity contribution is -0.137. The van der Waals surface area contributed by atoms with Crippen LogP contribution in [0.15, 0.2) is 170 Å². The summed E-state index contributed by atoms with van der Waals surface area (Å²) >= 11 is 5.87. The summed E-state index contributed by atoms with van der Waals surface area (Å²) in [7, 11) is 6.12. The highest BCUT2D eigenvalue weighted by molar-refractivity contribution is 6.33. The molecule has 0 saturated carbocycles. The van der Waals surface area contributed by atoms with E-state index in [9.17, 15) is 42.9 Å². The fourth-order valence-electron chi connectivity index (χ4n) is 7.43. The molecule has 0 spiro atoms. The average Bonchev–Trinajstić information content (AvgIpc) is 3.44. The molecule has 9 N–H and O–H groups in total. The van der Waals surface area contributed by atoms with E-state index in [4.69, 9.17) is 30.5 Å². The molecular weight excluding hydrogens is 1050 g/mol. The first-order valence-electron chi connectivity index (χ1n) is 23.9. The van der Waals surface area contributed by atoms with E-state index in [1.54, 1.807) is 117 Å². The van der Waals surface area contributed by atoms with Gasteiger partial charge in [-0.15, -0.1) is 0 Å². The summed E-state index contributed by atoms with van der Waals surface area (Å²) in [6.07, 6.45) is -4.57. The molecule has 0 aromatic heterocycles. The molecule has 79 heavy (non-hydrogen) atoms. The van der Waals surface area contributed by atoms with Crippen LogP contribution in [0.2, 0.25) is 5.02 Å². The highest BCUT2D eigenvalue weighted by Crippen LogP contribution is 2.39. The maximum absolute atomic E-state index is 12.8. The normalized spacial score (nSPS) is 10.6. The maximum atomic E-state index is 12.8. The number of phenols is 3. The zero-order chi connectivity index (χ0) is 57.2. The van der Waals surface area contributed by atoms with Crippen LogP contribution >= 0.6 is 11.6 Å². The molecule has 0 radical (unpaired) electrons. The van der Waals surface area contributed by atoms with Gasteiger partial charge in [-0.1, -0.05) is 116 Å². The highest BCUT2D eigenvalue weighted by Gasteiger charge is 2.31. The number of hydrogen-bond acceptors (Lipinski definition) is 10. The smallest absolute Gasteiger partial charge is 0.416 e. The van der Waals surface area contributed by atoms with Crippen molar-refractivity contribution in [3.05, 3.63) is 186 Å². The molecule has 410 valence electrons. The molecule has 0 fully saturated rings. The van der Waals surface area contributed by atoms with Crippen LogP contribution in [-0.2, 0) is 6.18 Å². The minimum absolute atomic E-state index is 0.000505. The molecule has 8 aromatic rings. The number of halogens is 4. The summed E-state index contributed by atoms with van der Waals surface area (Å²) in [6.45, 7) is 4.06. The van der Waals surface area contributed by atoms with Gasteiger partial charge in [-0.2, -0.15) is 13.2 Å². The summed E-state index contributed by atoms with van der Waals surface area (Å²) in [5, 5.41) is 46.3. The number of urea groups is 3. The van der Waals surface area contributed by atoms with Crippen molar-refractivity contribution in [3.63, 3.8) is 0 Å². The van der Waals surface area contributed by atoms with Crippen molar-refractivity contribution in [2.24, 2.45) is 0 Å². The molecule has 0 unspecified atom stereocenters. The number of para-hydroxylation sites is 2. The number of hydrogen-bond donors (Lipinski definition) is 9. The van der Waals surface area contributed by atoms with Crippen molar-refractivity contribution in [3.8, 4) is 62.5 Å². The van der Waals surface area contributed by atoms with E-state index < -0.39 is 29.8 Å². The van der Waals surface area contributed by atoms with Crippen LogP contribution in [0.4, 0.5) is 61.7 Å². The number of aromatic hydroxyl groups is 3.